The van der Waals surface area contributed by atoms with Crippen molar-refractivity contribution in [1.82, 2.24) is 0 Å². The number of nitrogens with zero attached hydrogens (tertiary/aromatic N) is 1. The van der Waals surface area contributed by atoms with Gasteiger partial charge in [-0.1, -0.05) is 36.7 Å². The van der Waals surface area contributed by atoms with Crippen molar-refractivity contribution in [2.75, 3.05) is 0 Å². The highest BCUT2D eigenvalue weighted by Crippen LogP contribution is 2.07. The van der Waals surface area contributed by atoms with Gasteiger partial charge in [-0.3, -0.25) is 0 Å². The van der Waals surface area contributed by atoms with E-state index in [0.29, 0.717) is 5.56 Å². The quantitative estimate of drug-likeness (QED) is 0.399. The van der Waals surface area contributed by atoms with E-state index in [0.717, 1.165) is 19.3 Å². The molecular weight excluding hydrogens is 193 g/mol. The third-order valence-corrected chi connectivity index (χ3v) is 1.95. The van der Waals surface area contributed by atoms with Crippen molar-refractivity contribution < 1.29 is 9.23 Å². The van der Waals surface area contributed by atoms with Crippen LogP contribution in [-0.4, -0.2) is 6.21 Å². The van der Waals surface area contributed by atoms with Gasteiger partial charge < -0.3 is 4.84 Å². The van der Waals surface area contributed by atoms with Crippen molar-refractivity contribution in [2.45, 2.75) is 32.8 Å². The lowest BCUT2D eigenvalue weighted by atomic mass is 10.2. The second-order valence-corrected chi connectivity index (χ2v) is 3.22. The maximum Gasteiger partial charge on any atom is 0.145 e. The van der Waals surface area contributed by atoms with Crippen LogP contribution in [0, 0.1) is 5.82 Å². The monoisotopic (exact) mass is 208 g/mol. The molecule has 0 aliphatic rings. The molecule has 0 aromatic heterocycles. The van der Waals surface area contributed by atoms with Gasteiger partial charge in [0.1, 0.15) is 18.6 Å². The number of halogens is 1. The molecule has 0 N–H and O–H groups in total. The van der Waals surface area contributed by atoms with Gasteiger partial charge in [-0.05, 0) is 18.9 Å². The average Bonchev–Trinajstić information content (AvgIpc) is 2.25. The van der Waals surface area contributed by atoms with Gasteiger partial charge in [-0.15, -0.1) is 0 Å². The van der Waals surface area contributed by atoms with Gasteiger partial charge in [0.05, 0.1) is 0 Å². The minimum Gasteiger partial charge on any atom is -0.391 e. The van der Waals surface area contributed by atoms with Crippen LogP contribution in [0.4, 0.5) is 4.39 Å². The van der Waals surface area contributed by atoms with E-state index in [4.69, 9.17) is 4.84 Å². The first-order chi connectivity index (χ1) is 7.34. The van der Waals surface area contributed by atoms with E-state index in [9.17, 15) is 4.39 Å². The lowest BCUT2D eigenvalue weighted by molar-refractivity contribution is 0.129. The zero-order chi connectivity index (χ0) is 10.9. The minimum absolute atomic E-state index is 0.159. The Morgan fingerprint density at radius 1 is 1.40 bits per heavy atom. The summed E-state index contributed by atoms with van der Waals surface area (Å²) in [5.74, 6) is -0.263. The van der Waals surface area contributed by atoms with Crippen LogP contribution in [0.1, 0.15) is 31.7 Å². The molecule has 0 amide bonds. The molecule has 0 aliphatic heterocycles. The molecule has 0 fully saturated rings. The number of unbranched alkanes of at least 4 members (excludes halogenated alkanes) is 2. The van der Waals surface area contributed by atoms with Gasteiger partial charge >= 0.3 is 0 Å². The van der Waals surface area contributed by atoms with Crippen molar-refractivity contribution in [3.05, 3.63) is 35.6 Å². The molecule has 0 unspecified atom stereocenters. The van der Waals surface area contributed by atoms with Gasteiger partial charge in [-0.25, -0.2) is 4.39 Å². The maximum atomic E-state index is 13.1. The molecule has 81 valence electrons. The topological polar surface area (TPSA) is 21.6 Å². The molecular formula is C12H15FNO. The van der Waals surface area contributed by atoms with Crippen LogP contribution in [0.25, 0.3) is 0 Å². The zero-order valence-electron chi connectivity index (χ0n) is 8.87. The molecule has 0 spiro atoms. The standard InChI is InChI=1S/C12H15FNO/c1-2-3-6-9-14-15-10-11-7-4-5-8-12(11)13/h4-5,7-8H,2-3,6,10H2,1H3. The highest BCUT2D eigenvalue weighted by atomic mass is 19.1. The summed E-state index contributed by atoms with van der Waals surface area (Å²) in [6, 6.07) is 6.50. The summed E-state index contributed by atoms with van der Waals surface area (Å²) in [6.07, 6.45) is 5.70. The Hall–Kier alpha value is -1.38. The highest BCUT2D eigenvalue weighted by molar-refractivity contribution is 5.56. The van der Waals surface area contributed by atoms with Crippen LogP contribution in [0.5, 0.6) is 0 Å². The SMILES string of the molecule is CCCC/[C]=N/OCc1ccccc1F. The predicted octanol–water partition coefficient (Wildman–Crippen LogP) is 3.40. The Balaban J connectivity index is 2.26. The van der Waals surface area contributed by atoms with Gasteiger partial charge in [0.2, 0.25) is 0 Å². The Morgan fingerprint density at radius 2 is 2.20 bits per heavy atom. The number of rotatable bonds is 6. The molecule has 0 heterocycles. The molecule has 0 saturated carbocycles. The fraction of sp³-hybridized carbons (Fsp3) is 0.417. The van der Waals surface area contributed by atoms with Crippen molar-refractivity contribution in [3.63, 3.8) is 0 Å². The van der Waals surface area contributed by atoms with Gasteiger partial charge in [0.25, 0.3) is 0 Å². The van der Waals surface area contributed by atoms with Crippen LogP contribution >= 0.6 is 0 Å². The fourth-order valence-electron chi connectivity index (χ4n) is 1.06. The summed E-state index contributed by atoms with van der Waals surface area (Å²) >= 11 is 0. The molecule has 15 heavy (non-hydrogen) atoms. The van der Waals surface area contributed by atoms with E-state index in [1.54, 1.807) is 18.2 Å². The van der Waals surface area contributed by atoms with Crippen LogP contribution in [0.2, 0.25) is 0 Å². The normalized spacial score (nSPS) is 10.8. The summed E-state index contributed by atoms with van der Waals surface area (Å²) in [4.78, 5) is 4.92. The van der Waals surface area contributed by atoms with E-state index >= 15 is 0 Å². The Bertz CT molecular complexity index is 312. The second-order valence-electron chi connectivity index (χ2n) is 3.22. The molecule has 2 nitrogen and oxygen atoms in total. The van der Waals surface area contributed by atoms with Crippen LogP contribution < -0.4 is 0 Å². The molecule has 1 aromatic carbocycles. The number of hydrogen-bond acceptors (Lipinski definition) is 2. The summed E-state index contributed by atoms with van der Waals surface area (Å²) in [5.41, 5.74) is 0.513. The molecule has 0 bridgehead atoms. The van der Waals surface area contributed by atoms with Crippen molar-refractivity contribution in [1.29, 1.82) is 0 Å². The second kappa shape index (κ2) is 6.98. The Kier molecular flexibility index (Phi) is 5.44. The Morgan fingerprint density at radius 3 is 2.93 bits per heavy atom. The smallest absolute Gasteiger partial charge is 0.145 e. The summed E-state index contributed by atoms with van der Waals surface area (Å²) < 4.78 is 13.1. The van der Waals surface area contributed by atoms with Crippen molar-refractivity contribution in [3.8, 4) is 0 Å². The third-order valence-electron chi connectivity index (χ3n) is 1.95. The van der Waals surface area contributed by atoms with Gasteiger partial charge in [0.15, 0.2) is 0 Å². The molecule has 0 aliphatic carbocycles. The lowest BCUT2D eigenvalue weighted by Gasteiger charge is -2.00. The predicted molar refractivity (Wildman–Crippen MR) is 58.1 cm³/mol. The lowest BCUT2D eigenvalue weighted by Crippen LogP contribution is -1.91. The first-order valence-electron chi connectivity index (χ1n) is 5.13. The van der Waals surface area contributed by atoms with Crippen LogP contribution in [0.3, 0.4) is 0 Å². The van der Waals surface area contributed by atoms with Gasteiger partial charge in [0, 0.05) is 5.56 Å². The molecule has 3 heteroatoms. The molecule has 1 radical (unpaired) electrons. The largest absolute Gasteiger partial charge is 0.391 e. The number of hydrogen-bond donors (Lipinski definition) is 0. The fourth-order valence-corrected chi connectivity index (χ4v) is 1.06. The van der Waals surface area contributed by atoms with E-state index in [1.807, 2.05) is 0 Å². The first kappa shape index (κ1) is 11.7. The number of benzene rings is 1. The van der Waals surface area contributed by atoms with Crippen molar-refractivity contribution >= 4 is 6.21 Å². The first-order valence-corrected chi connectivity index (χ1v) is 5.13. The summed E-state index contributed by atoms with van der Waals surface area (Å²) in [6.45, 7) is 2.26. The zero-order valence-corrected chi connectivity index (χ0v) is 8.87. The van der Waals surface area contributed by atoms with Gasteiger partial charge in [-0.2, -0.15) is 0 Å². The molecule has 0 saturated heterocycles. The minimum atomic E-state index is -0.263. The molecule has 1 aromatic rings. The van der Waals surface area contributed by atoms with Crippen LogP contribution in [-0.2, 0) is 11.4 Å². The van der Waals surface area contributed by atoms with Crippen LogP contribution in [0.15, 0.2) is 29.4 Å². The molecule has 0 atom stereocenters. The Labute approximate surface area is 89.7 Å². The van der Waals surface area contributed by atoms with Crippen molar-refractivity contribution in [2.24, 2.45) is 5.16 Å². The van der Waals surface area contributed by atoms with E-state index in [-0.39, 0.29) is 12.4 Å². The summed E-state index contributed by atoms with van der Waals surface area (Å²) in [7, 11) is 0. The van der Waals surface area contributed by atoms with E-state index in [1.165, 1.54) is 6.07 Å². The average molecular weight is 208 g/mol. The maximum absolute atomic E-state index is 13.1. The highest BCUT2D eigenvalue weighted by Gasteiger charge is 1.99. The summed E-state index contributed by atoms with van der Waals surface area (Å²) in [5, 5.41) is 3.63. The van der Waals surface area contributed by atoms with E-state index in [2.05, 4.69) is 18.3 Å². The van der Waals surface area contributed by atoms with E-state index < -0.39 is 0 Å². The third kappa shape index (κ3) is 4.58. The molecule has 1 rings (SSSR count).